The number of aliphatic hydroxyl groups is 1. The number of benzene rings is 1. The highest BCUT2D eigenvalue weighted by Gasteiger charge is 2.58. The molecule has 0 radical (unpaired) electrons. The molecule has 0 aromatic heterocycles. The third kappa shape index (κ3) is 4.52. The molecular formula is C18H23F3N2O4. The minimum absolute atomic E-state index is 0.00840. The van der Waals surface area contributed by atoms with Crippen molar-refractivity contribution < 1.29 is 32.6 Å². The van der Waals surface area contributed by atoms with Gasteiger partial charge in [0, 0.05) is 25.2 Å². The number of piperazine rings is 1. The van der Waals surface area contributed by atoms with E-state index in [1.165, 1.54) is 11.8 Å². The number of halogens is 3. The van der Waals surface area contributed by atoms with Gasteiger partial charge in [-0.1, -0.05) is 30.3 Å². The lowest BCUT2D eigenvalue weighted by atomic mass is 10.0. The van der Waals surface area contributed by atoms with Crippen molar-refractivity contribution in [3.63, 3.8) is 0 Å². The third-order valence-corrected chi connectivity index (χ3v) is 4.65. The zero-order valence-corrected chi connectivity index (χ0v) is 15.4. The molecule has 0 bridgehead atoms. The molecule has 1 aliphatic rings. The number of hydrogen-bond acceptors (Lipinski definition) is 4. The standard InChI is InChI=1S/C18H23F3N2O4/c1-12-10-23(16(25)27-11-14-7-5-4-6-8-14)13(2)9-22(12)15(24)17(3,26)18(19,20)21/h4-8,12-13,26H,9-11H2,1-3H3/t12-,13+,17+/m0/s1. The van der Waals surface area contributed by atoms with Gasteiger partial charge in [-0.15, -0.1) is 0 Å². The van der Waals surface area contributed by atoms with Crippen molar-refractivity contribution in [3.05, 3.63) is 35.9 Å². The lowest BCUT2D eigenvalue weighted by Crippen LogP contribution is -2.65. The molecule has 1 saturated heterocycles. The molecule has 0 unspecified atom stereocenters. The van der Waals surface area contributed by atoms with Gasteiger partial charge in [0.2, 0.25) is 5.60 Å². The molecule has 3 atom stereocenters. The van der Waals surface area contributed by atoms with Crippen molar-refractivity contribution in [1.29, 1.82) is 0 Å². The SMILES string of the molecule is C[C@@H]1CN(C(=O)[C@@](C)(O)C(F)(F)F)[C@@H](C)CN1C(=O)OCc1ccccc1. The van der Waals surface area contributed by atoms with Crippen LogP contribution in [-0.4, -0.2) is 63.9 Å². The number of carbonyl (C=O) groups is 2. The number of hydrogen-bond donors (Lipinski definition) is 1. The van der Waals surface area contributed by atoms with Crippen LogP contribution in [0.1, 0.15) is 26.3 Å². The topological polar surface area (TPSA) is 70.1 Å². The Labute approximate surface area is 155 Å². The van der Waals surface area contributed by atoms with E-state index in [4.69, 9.17) is 4.74 Å². The van der Waals surface area contributed by atoms with Crippen LogP contribution in [0.5, 0.6) is 0 Å². The molecule has 0 aliphatic carbocycles. The highest BCUT2D eigenvalue weighted by molar-refractivity contribution is 5.86. The average molecular weight is 388 g/mol. The number of alkyl halides is 3. The maximum Gasteiger partial charge on any atom is 0.426 e. The largest absolute Gasteiger partial charge is 0.445 e. The van der Waals surface area contributed by atoms with Crippen LogP contribution in [0.3, 0.4) is 0 Å². The summed E-state index contributed by atoms with van der Waals surface area (Å²) in [7, 11) is 0. The van der Waals surface area contributed by atoms with E-state index in [-0.39, 0.29) is 19.7 Å². The first-order valence-corrected chi connectivity index (χ1v) is 8.52. The summed E-state index contributed by atoms with van der Waals surface area (Å²) in [5.74, 6) is -1.42. The average Bonchev–Trinajstić information content (AvgIpc) is 2.60. The molecule has 1 aliphatic heterocycles. The van der Waals surface area contributed by atoms with Gasteiger partial charge in [-0.05, 0) is 26.3 Å². The summed E-state index contributed by atoms with van der Waals surface area (Å²) in [6, 6.07) is 7.80. The predicted molar refractivity (Wildman–Crippen MR) is 90.6 cm³/mol. The number of rotatable bonds is 3. The zero-order chi connectivity index (χ0) is 20.4. The summed E-state index contributed by atoms with van der Waals surface area (Å²) in [5, 5.41) is 9.64. The first-order valence-electron chi connectivity index (χ1n) is 8.52. The Balaban J connectivity index is 2.02. The minimum atomic E-state index is -5.08. The molecule has 150 valence electrons. The Hall–Kier alpha value is -2.29. The van der Waals surface area contributed by atoms with Gasteiger partial charge in [0.15, 0.2) is 0 Å². The monoisotopic (exact) mass is 388 g/mol. The van der Waals surface area contributed by atoms with Gasteiger partial charge in [0.1, 0.15) is 6.61 Å². The van der Waals surface area contributed by atoms with Crippen LogP contribution in [0.25, 0.3) is 0 Å². The Kier molecular flexibility index (Phi) is 6.04. The van der Waals surface area contributed by atoms with Crippen molar-refractivity contribution in [1.82, 2.24) is 9.80 Å². The highest BCUT2D eigenvalue weighted by Crippen LogP contribution is 2.33. The van der Waals surface area contributed by atoms with Crippen LogP contribution in [0.2, 0.25) is 0 Å². The van der Waals surface area contributed by atoms with E-state index in [1.807, 2.05) is 18.2 Å². The summed E-state index contributed by atoms with van der Waals surface area (Å²) in [4.78, 5) is 26.9. The Morgan fingerprint density at radius 1 is 1.11 bits per heavy atom. The second-order valence-corrected chi connectivity index (χ2v) is 6.92. The van der Waals surface area contributed by atoms with Gasteiger partial charge in [-0.25, -0.2) is 4.79 Å². The van der Waals surface area contributed by atoms with Crippen molar-refractivity contribution in [2.75, 3.05) is 13.1 Å². The van der Waals surface area contributed by atoms with E-state index in [0.717, 1.165) is 10.5 Å². The smallest absolute Gasteiger partial charge is 0.426 e. The number of nitrogens with zero attached hydrogens (tertiary/aromatic N) is 2. The van der Waals surface area contributed by atoms with Gasteiger partial charge < -0.3 is 19.6 Å². The summed E-state index contributed by atoms with van der Waals surface area (Å²) < 4.78 is 44.1. The third-order valence-electron chi connectivity index (χ3n) is 4.65. The molecule has 2 rings (SSSR count). The summed E-state index contributed by atoms with van der Waals surface area (Å²) >= 11 is 0. The maximum absolute atomic E-state index is 12.9. The van der Waals surface area contributed by atoms with Gasteiger partial charge in [0.05, 0.1) is 0 Å². The molecule has 1 aromatic carbocycles. The van der Waals surface area contributed by atoms with E-state index in [0.29, 0.717) is 6.92 Å². The van der Waals surface area contributed by atoms with Crippen LogP contribution in [0.4, 0.5) is 18.0 Å². The van der Waals surface area contributed by atoms with Gasteiger partial charge >= 0.3 is 12.3 Å². The molecule has 9 heteroatoms. The molecule has 2 amide bonds. The first kappa shape index (κ1) is 21.0. The molecule has 1 aromatic rings. The van der Waals surface area contributed by atoms with E-state index in [2.05, 4.69) is 0 Å². The van der Waals surface area contributed by atoms with Crippen molar-refractivity contribution in [2.45, 2.75) is 51.2 Å². The fourth-order valence-electron chi connectivity index (χ4n) is 2.87. The fourth-order valence-corrected chi connectivity index (χ4v) is 2.87. The molecule has 1 heterocycles. The van der Waals surface area contributed by atoms with E-state index < -0.39 is 35.9 Å². The molecule has 1 fully saturated rings. The zero-order valence-electron chi connectivity index (χ0n) is 15.4. The van der Waals surface area contributed by atoms with Gasteiger partial charge in [-0.2, -0.15) is 13.2 Å². The lowest BCUT2D eigenvalue weighted by Gasteiger charge is -2.45. The number of ether oxygens (including phenoxy) is 1. The van der Waals surface area contributed by atoms with Crippen LogP contribution in [0.15, 0.2) is 30.3 Å². The Bertz CT molecular complexity index is 679. The summed E-state index contributed by atoms with van der Waals surface area (Å²) in [6.07, 6.45) is -5.69. The van der Waals surface area contributed by atoms with Crippen molar-refractivity contribution in [2.24, 2.45) is 0 Å². The minimum Gasteiger partial charge on any atom is -0.445 e. The number of carbonyl (C=O) groups excluding carboxylic acids is 2. The molecule has 0 spiro atoms. The normalized spacial score (nSPS) is 22.9. The van der Waals surface area contributed by atoms with E-state index >= 15 is 0 Å². The summed E-state index contributed by atoms with van der Waals surface area (Å²) in [6.45, 7) is 3.52. The molecule has 0 saturated carbocycles. The second kappa shape index (κ2) is 7.75. The van der Waals surface area contributed by atoms with Crippen molar-refractivity contribution in [3.8, 4) is 0 Å². The Morgan fingerprint density at radius 3 is 2.19 bits per heavy atom. The molecule has 1 N–H and O–H groups in total. The van der Waals surface area contributed by atoms with E-state index in [9.17, 15) is 27.9 Å². The molecule has 6 nitrogen and oxygen atoms in total. The molecule has 27 heavy (non-hydrogen) atoms. The number of amides is 2. The first-order chi connectivity index (χ1) is 12.4. The fraction of sp³-hybridized carbons (Fsp3) is 0.556. The van der Waals surface area contributed by atoms with Crippen LogP contribution in [-0.2, 0) is 16.1 Å². The van der Waals surface area contributed by atoms with Crippen LogP contribution in [0, 0.1) is 0 Å². The van der Waals surface area contributed by atoms with Crippen molar-refractivity contribution >= 4 is 12.0 Å². The van der Waals surface area contributed by atoms with Crippen LogP contribution < -0.4 is 0 Å². The van der Waals surface area contributed by atoms with Gasteiger partial charge in [-0.3, -0.25) is 4.79 Å². The highest BCUT2D eigenvalue weighted by atomic mass is 19.4. The molecular weight excluding hydrogens is 365 g/mol. The van der Waals surface area contributed by atoms with Gasteiger partial charge in [0.25, 0.3) is 5.91 Å². The van der Waals surface area contributed by atoms with E-state index in [1.54, 1.807) is 19.1 Å². The summed E-state index contributed by atoms with van der Waals surface area (Å²) in [5.41, 5.74) is -2.67. The lowest BCUT2D eigenvalue weighted by molar-refractivity contribution is -0.252. The van der Waals surface area contributed by atoms with Crippen LogP contribution >= 0.6 is 0 Å². The quantitative estimate of drug-likeness (QED) is 0.864. The maximum atomic E-state index is 12.9. The predicted octanol–water partition coefficient (Wildman–Crippen LogP) is 2.56. The Morgan fingerprint density at radius 2 is 1.63 bits per heavy atom. The second-order valence-electron chi connectivity index (χ2n) is 6.92.